The minimum absolute atomic E-state index is 0.199. The summed E-state index contributed by atoms with van der Waals surface area (Å²) in [6.45, 7) is 2.10. The van der Waals surface area contributed by atoms with E-state index in [1.165, 1.54) is 11.8 Å². The molecule has 1 unspecified atom stereocenters. The third-order valence-corrected chi connectivity index (χ3v) is 7.19. The molecule has 1 aliphatic carbocycles. The predicted molar refractivity (Wildman–Crippen MR) is 118 cm³/mol. The molecule has 3 aliphatic rings. The van der Waals surface area contributed by atoms with Crippen LogP contribution in [0.25, 0.3) is 0 Å². The second-order valence-electron chi connectivity index (χ2n) is 8.63. The first kappa shape index (κ1) is 22.3. The Morgan fingerprint density at radius 3 is 2.31 bits per heavy atom. The van der Waals surface area contributed by atoms with E-state index in [1.54, 1.807) is 24.3 Å². The molecule has 1 atom stereocenters. The summed E-state index contributed by atoms with van der Waals surface area (Å²) in [7, 11) is 0. The van der Waals surface area contributed by atoms with E-state index in [-0.39, 0.29) is 17.5 Å². The maximum Gasteiger partial charge on any atom is 0.344 e. The minimum atomic E-state index is -1.14. The molecule has 2 fully saturated rings. The van der Waals surface area contributed by atoms with E-state index in [9.17, 15) is 24.0 Å². The number of benzene rings is 1. The van der Waals surface area contributed by atoms with Gasteiger partial charge in [-0.15, -0.1) is 0 Å². The van der Waals surface area contributed by atoms with Crippen molar-refractivity contribution in [1.29, 1.82) is 0 Å². The van der Waals surface area contributed by atoms with Gasteiger partial charge in [-0.25, -0.2) is 4.79 Å². The first-order valence-corrected chi connectivity index (χ1v) is 12.1. The summed E-state index contributed by atoms with van der Waals surface area (Å²) in [6, 6.07) is 4.57. The van der Waals surface area contributed by atoms with Gasteiger partial charge in [0, 0.05) is 0 Å². The number of rotatable bonds is 6. The predicted octanol–water partition coefficient (Wildman–Crippen LogP) is 1.94. The highest BCUT2D eigenvalue weighted by atomic mass is 32.2. The number of fused-ring (bicyclic) bond motifs is 1. The maximum absolute atomic E-state index is 13.2. The van der Waals surface area contributed by atoms with Gasteiger partial charge >= 0.3 is 6.03 Å². The van der Waals surface area contributed by atoms with E-state index in [1.807, 2.05) is 6.26 Å². The number of thioether (sulfide) groups is 1. The molecule has 2 aliphatic heterocycles. The normalized spacial score (nSPS) is 25.9. The number of carbonyl (C=O) groups excluding carboxylic acids is 5. The van der Waals surface area contributed by atoms with Crippen LogP contribution in [0, 0.1) is 5.92 Å². The third kappa shape index (κ3) is 3.66. The fraction of sp³-hybridized carbons (Fsp3) is 0.500. The largest absolute Gasteiger partial charge is 0.344 e. The monoisotopic (exact) mass is 458 g/mol. The maximum atomic E-state index is 13.2. The van der Waals surface area contributed by atoms with Gasteiger partial charge in [0.1, 0.15) is 11.6 Å². The highest BCUT2D eigenvalue weighted by Gasteiger charge is 2.53. The second kappa shape index (κ2) is 8.57. The SMILES string of the molecule is CSCCC(C(=O)NN1C(=O)NC2(CCC(C)CC2)C1=O)N1C(=O)c2ccccc2C1=O. The molecule has 9 nitrogen and oxygen atoms in total. The average molecular weight is 459 g/mol. The van der Waals surface area contributed by atoms with E-state index in [2.05, 4.69) is 17.7 Å². The van der Waals surface area contributed by atoms with Crippen molar-refractivity contribution in [2.75, 3.05) is 12.0 Å². The van der Waals surface area contributed by atoms with Crippen LogP contribution in [-0.4, -0.2) is 63.2 Å². The summed E-state index contributed by atoms with van der Waals surface area (Å²) < 4.78 is 0. The molecular weight excluding hydrogens is 432 g/mol. The van der Waals surface area contributed by atoms with Crippen molar-refractivity contribution in [3.8, 4) is 0 Å². The molecule has 0 aromatic heterocycles. The lowest BCUT2D eigenvalue weighted by Gasteiger charge is -2.33. The molecule has 2 heterocycles. The Kier molecular flexibility index (Phi) is 5.98. The van der Waals surface area contributed by atoms with Gasteiger partial charge in [0.2, 0.25) is 0 Å². The van der Waals surface area contributed by atoms with Gasteiger partial charge < -0.3 is 5.32 Å². The zero-order valence-corrected chi connectivity index (χ0v) is 18.9. The number of hydrogen-bond acceptors (Lipinski definition) is 6. The Labute approximate surface area is 190 Å². The lowest BCUT2D eigenvalue weighted by atomic mass is 9.77. The van der Waals surface area contributed by atoms with Crippen molar-refractivity contribution in [3.63, 3.8) is 0 Å². The molecule has 0 bridgehead atoms. The van der Waals surface area contributed by atoms with Crippen molar-refractivity contribution in [3.05, 3.63) is 35.4 Å². The van der Waals surface area contributed by atoms with Crippen LogP contribution in [0.5, 0.6) is 0 Å². The Bertz CT molecular complexity index is 953. The summed E-state index contributed by atoms with van der Waals surface area (Å²) in [5.74, 6) is -1.36. The van der Waals surface area contributed by atoms with Gasteiger partial charge in [-0.1, -0.05) is 19.1 Å². The highest BCUT2D eigenvalue weighted by molar-refractivity contribution is 7.98. The summed E-state index contributed by atoms with van der Waals surface area (Å²) in [6.07, 6.45) is 4.69. The number of amides is 6. The minimum Gasteiger partial charge on any atom is -0.322 e. The highest BCUT2D eigenvalue weighted by Crippen LogP contribution is 2.36. The summed E-state index contributed by atoms with van der Waals surface area (Å²) in [4.78, 5) is 65.6. The molecule has 32 heavy (non-hydrogen) atoms. The molecule has 170 valence electrons. The van der Waals surface area contributed by atoms with E-state index in [4.69, 9.17) is 0 Å². The Morgan fingerprint density at radius 2 is 1.75 bits per heavy atom. The lowest BCUT2D eigenvalue weighted by molar-refractivity contribution is -0.141. The van der Waals surface area contributed by atoms with Gasteiger partial charge in [0.15, 0.2) is 0 Å². The van der Waals surface area contributed by atoms with Gasteiger partial charge in [-0.3, -0.25) is 29.5 Å². The van der Waals surface area contributed by atoms with Crippen molar-refractivity contribution < 1.29 is 24.0 Å². The van der Waals surface area contributed by atoms with Crippen molar-refractivity contribution in [2.24, 2.45) is 5.92 Å². The zero-order chi connectivity index (χ0) is 23.0. The van der Waals surface area contributed by atoms with Crippen LogP contribution in [0.3, 0.4) is 0 Å². The number of nitrogens with zero attached hydrogens (tertiary/aromatic N) is 2. The molecule has 1 aromatic rings. The molecule has 1 spiro atoms. The summed E-state index contributed by atoms with van der Waals surface area (Å²) >= 11 is 1.46. The number of hydrazine groups is 1. The number of imide groups is 2. The zero-order valence-electron chi connectivity index (χ0n) is 18.1. The van der Waals surface area contributed by atoms with E-state index < -0.39 is 41.2 Å². The van der Waals surface area contributed by atoms with Gasteiger partial charge in [-0.2, -0.15) is 16.8 Å². The molecule has 10 heteroatoms. The van der Waals surface area contributed by atoms with Crippen LogP contribution >= 0.6 is 11.8 Å². The second-order valence-corrected chi connectivity index (χ2v) is 9.62. The quantitative estimate of drug-likeness (QED) is 0.497. The van der Waals surface area contributed by atoms with E-state index in [0.717, 1.165) is 17.7 Å². The first-order chi connectivity index (χ1) is 15.3. The van der Waals surface area contributed by atoms with Crippen molar-refractivity contribution >= 4 is 41.4 Å². The number of nitrogens with one attached hydrogen (secondary N) is 2. The fourth-order valence-corrected chi connectivity index (χ4v) is 5.06. The van der Waals surface area contributed by atoms with Crippen LogP contribution in [0.15, 0.2) is 24.3 Å². The molecule has 4 rings (SSSR count). The van der Waals surface area contributed by atoms with Gasteiger partial charge in [0.05, 0.1) is 11.1 Å². The third-order valence-electron chi connectivity index (χ3n) is 6.55. The average Bonchev–Trinajstić information content (AvgIpc) is 3.17. The summed E-state index contributed by atoms with van der Waals surface area (Å²) in [5.41, 5.74) is 1.87. The molecule has 6 amide bonds. The molecule has 0 radical (unpaired) electrons. The van der Waals surface area contributed by atoms with Gasteiger partial charge in [-0.05, 0) is 62.2 Å². The Hall–Kier alpha value is -2.88. The van der Waals surface area contributed by atoms with Crippen LogP contribution in [0.4, 0.5) is 4.79 Å². The van der Waals surface area contributed by atoms with Crippen LogP contribution in [0.2, 0.25) is 0 Å². The fourth-order valence-electron chi connectivity index (χ4n) is 4.60. The summed E-state index contributed by atoms with van der Waals surface area (Å²) in [5, 5.41) is 3.46. The van der Waals surface area contributed by atoms with Crippen molar-refractivity contribution in [2.45, 2.75) is 50.6 Å². The van der Waals surface area contributed by atoms with Gasteiger partial charge in [0.25, 0.3) is 23.6 Å². The lowest BCUT2D eigenvalue weighted by Crippen LogP contribution is -2.56. The Balaban J connectivity index is 1.55. The van der Waals surface area contributed by atoms with Crippen molar-refractivity contribution in [1.82, 2.24) is 20.7 Å². The molecular formula is C22H26N4O5S. The number of hydrogen-bond donors (Lipinski definition) is 2. The molecule has 1 aromatic carbocycles. The number of urea groups is 1. The van der Waals surface area contributed by atoms with Crippen LogP contribution < -0.4 is 10.7 Å². The molecule has 1 saturated heterocycles. The van der Waals surface area contributed by atoms with E-state index >= 15 is 0 Å². The first-order valence-electron chi connectivity index (χ1n) is 10.7. The Morgan fingerprint density at radius 1 is 1.16 bits per heavy atom. The topological polar surface area (TPSA) is 116 Å². The van der Waals surface area contributed by atoms with E-state index in [0.29, 0.717) is 29.5 Å². The van der Waals surface area contributed by atoms with Crippen LogP contribution in [0.1, 0.15) is 59.7 Å². The number of carbonyl (C=O) groups is 5. The molecule has 1 saturated carbocycles. The smallest absolute Gasteiger partial charge is 0.322 e. The van der Waals surface area contributed by atoms with Crippen LogP contribution in [-0.2, 0) is 9.59 Å². The standard InChI is InChI=1S/C22H26N4O5S/c1-13-7-10-22(11-8-13)20(30)26(21(31)23-22)24-17(27)16(9-12-32-2)25-18(28)14-5-3-4-6-15(14)19(25)29/h3-6,13,16H,7-12H2,1-2H3,(H,23,31)(H,24,27). The molecule has 2 N–H and O–H groups in total.